The van der Waals surface area contributed by atoms with E-state index < -0.39 is 0 Å². The third-order valence-electron chi connectivity index (χ3n) is 3.75. The third-order valence-corrected chi connectivity index (χ3v) is 3.75. The molecule has 1 aromatic carbocycles. The molecule has 1 heterocycles. The minimum Gasteiger partial charge on any atom is -0.361 e. The minimum absolute atomic E-state index is 0.667. The Labute approximate surface area is 104 Å². The van der Waals surface area contributed by atoms with Gasteiger partial charge >= 0.3 is 0 Å². The second-order valence-corrected chi connectivity index (χ2v) is 4.85. The van der Waals surface area contributed by atoms with Gasteiger partial charge < -0.3 is 9.88 Å². The highest BCUT2D eigenvalue weighted by atomic mass is 15.1. The number of nitrogens with zero attached hydrogens (tertiary/aromatic N) is 1. The molecule has 0 saturated carbocycles. The van der Waals surface area contributed by atoms with E-state index >= 15 is 0 Å². The van der Waals surface area contributed by atoms with Crippen LogP contribution < -0.4 is 0 Å². The molecule has 92 valence electrons. The van der Waals surface area contributed by atoms with Gasteiger partial charge in [-0.1, -0.05) is 25.1 Å². The number of H-pyrrole nitrogens is 1. The molecule has 17 heavy (non-hydrogen) atoms. The molecule has 0 amide bonds. The van der Waals surface area contributed by atoms with E-state index in [9.17, 15) is 0 Å². The van der Waals surface area contributed by atoms with E-state index in [1.807, 2.05) is 0 Å². The zero-order chi connectivity index (χ0) is 12.3. The molecular weight excluding hydrogens is 208 g/mol. The molecule has 0 spiro atoms. The first-order valence-corrected chi connectivity index (χ1v) is 6.47. The van der Waals surface area contributed by atoms with Crippen LogP contribution >= 0.6 is 0 Å². The fraction of sp³-hybridized carbons (Fsp3) is 0.467. The van der Waals surface area contributed by atoms with Gasteiger partial charge in [0, 0.05) is 29.7 Å². The number of para-hydroxylation sites is 1. The van der Waals surface area contributed by atoms with Gasteiger partial charge in [-0.2, -0.15) is 0 Å². The Bertz CT molecular complexity index is 472. The largest absolute Gasteiger partial charge is 0.361 e. The third kappa shape index (κ3) is 2.70. The SMILES string of the molecule is CCC(C)N(C)CCc1c[nH]c2ccccc12. The molecule has 0 aliphatic rings. The van der Waals surface area contributed by atoms with Crippen molar-refractivity contribution in [3.8, 4) is 0 Å². The summed E-state index contributed by atoms with van der Waals surface area (Å²) in [6.07, 6.45) is 4.48. The summed E-state index contributed by atoms with van der Waals surface area (Å²) in [5.41, 5.74) is 2.67. The van der Waals surface area contributed by atoms with Crippen molar-refractivity contribution in [1.29, 1.82) is 0 Å². The summed E-state index contributed by atoms with van der Waals surface area (Å²) in [4.78, 5) is 5.77. The lowest BCUT2D eigenvalue weighted by Crippen LogP contribution is -2.30. The Kier molecular flexibility index (Phi) is 3.85. The number of aromatic nitrogens is 1. The Hall–Kier alpha value is -1.28. The lowest BCUT2D eigenvalue weighted by Gasteiger charge is -2.23. The molecule has 1 atom stereocenters. The average molecular weight is 230 g/mol. The first kappa shape index (κ1) is 12.2. The van der Waals surface area contributed by atoms with Gasteiger partial charge in [-0.3, -0.25) is 0 Å². The number of rotatable bonds is 5. The minimum atomic E-state index is 0.667. The van der Waals surface area contributed by atoms with Crippen molar-refractivity contribution >= 4 is 10.9 Å². The van der Waals surface area contributed by atoms with Crippen molar-refractivity contribution in [3.05, 3.63) is 36.0 Å². The second-order valence-electron chi connectivity index (χ2n) is 4.85. The normalized spacial score (nSPS) is 13.4. The molecular formula is C15H22N2. The molecule has 1 N–H and O–H groups in total. The van der Waals surface area contributed by atoms with Gasteiger partial charge in [0.15, 0.2) is 0 Å². The zero-order valence-electron chi connectivity index (χ0n) is 11.0. The predicted molar refractivity (Wildman–Crippen MR) is 74.4 cm³/mol. The van der Waals surface area contributed by atoms with Gasteiger partial charge in [-0.05, 0) is 38.4 Å². The standard InChI is InChI=1S/C15H22N2/c1-4-12(2)17(3)10-9-13-11-16-15-8-6-5-7-14(13)15/h5-8,11-12,16H,4,9-10H2,1-3H3. The Morgan fingerprint density at radius 3 is 2.82 bits per heavy atom. The lowest BCUT2D eigenvalue weighted by atomic mass is 10.1. The molecule has 1 aromatic heterocycles. The maximum absolute atomic E-state index is 3.34. The number of hydrogen-bond donors (Lipinski definition) is 1. The summed E-state index contributed by atoms with van der Waals surface area (Å²) < 4.78 is 0. The van der Waals surface area contributed by atoms with Gasteiger partial charge in [0.25, 0.3) is 0 Å². The van der Waals surface area contributed by atoms with E-state index in [1.165, 1.54) is 22.9 Å². The molecule has 2 rings (SSSR count). The highest BCUT2D eigenvalue weighted by molar-refractivity contribution is 5.83. The van der Waals surface area contributed by atoms with E-state index in [4.69, 9.17) is 0 Å². The maximum atomic E-state index is 3.34. The van der Waals surface area contributed by atoms with Crippen molar-refractivity contribution in [2.45, 2.75) is 32.7 Å². The molecule has 2 heteroatoms. The van der Waals surface area contributed by atoms with E-state index in [0.717, 1.165) is 13.0 Å². The number of likely N-dealkylation sites (N-methyl/N-ethyl adjacent to an activating group) is 1. The number of benzene rings is 1. The Morgan fingerprint density at radius 1 is 1.29 bits per heavy atom. The summed E-state index contributed by atoms with van der Waals surface area (Å²) in [5, 5.41) is 1.37. The fourth-order valence-electron chi connectivity index (χ4n) is 2.17. The molecule has 0 radical (unpaired) electrons. The highest BCUT2D eigenvalue weighted by Gasteiger charge is 2.08. The summed E-state index contributed by atoms with van der Waals surface area (Å²) in [5.74, 6) is 0. The van der Waals surface area contributed by atoms with Crippen molar-refractivity contribution in [1.82, 2.24) is 9.88 Å². The first-order chi connectivity index (χ1) is 8.22. The average Bonchev–Trinajstić information content (AvgIpc) is 2.78. The van der Waals surface area contributed by atoms with Gasteiger partial charge in [-0.25, -0.2) is 0 Å². The van der Waals surface area contributed by atoms with Crippen LogP contribution in [0.5, 0.6) is 0 Å². The van der Waals surface area contributed by atoms with Gasteiger partial charge in [0.1, 0.15) is 0 Å². The van der Waals surface area contributed by atoms with E-state index in [-0.39, 0.29) is 0 Å². The Balaban J connectivity index is 2.04. The van der Waals surface area contributed by atoms with Crippen LogP contribution in [0.2, 0.25) is 0 Å². The molecule has 0 aliphatic heterocycles. The monoisotopic (exact) mass is 230 g/mol. The van der Waals surface area contributed by atoms with Crippen LogP contribution in [0.15, 0.2) is 30.5 Å². The van der Waals surface area contributed by atoms with Crippen molar-refractivity contribution in [2.24, 2.45) is 0 Å². The first-order valence-electron chi connectivity index (χ1n) is 6.47. The zero-order valence-corrected chi connectivity index (χ0v) is 11.0. The van der Waals surface area contributed by atoms with E-state index in [1.54, 1.807) is 0 Å². The van der Waals surface area contributed by atoms with E-state index in [0.29, 0.717) is 6.04 Å². The van der Waals surface area contributed by atoms with Crippen LogP contribution in [0.4, 0.5) is 0 Å². The van der Waals surface area contributed by atoms with Crippen molar-refractivity contribution in [2.75, 3.05) is 13.6 Å². The molecule has 2 nitrogen and oxygen atoms in total. The van der Waals surface area contributed by atoms with Gasteiger partial charge in [0.2, 0.25) is 0 Å². The second kappa shape index (κ2) is 5.37. The Morgan fingerprint density at radius 2 is 2.06 bits per heavy atom. The molecule has 2 aromatic rings. The van der Waals surface area contributed by atoms with Crippen molar-refractivity contribution in [3.63, 3.8) is 0 Å². The highest BCUT2D eigenvalue weighted by Crippen LogP contribution is 2.18. The molecule has 0 fully saturated rings. The van der Waals surface area contributed by atoms with Crippen LogP contribution in [-0.2, 0) is 6.42 Å². The molecule has 0 aliphatic carbocycles. The summed E-state index contributed by atoms with van der Waals surface area (Å²) >= 11 is 0. The number of fused-ring (bicyclic) bond motifs is 1. The number of nitrogens with one attached hydrogen (secondary N) is 1. The summed E-state index contributed by atoms with van der Waals surface area (Å²) in [7, 11) is 2.21. The van der Waals surface area contributed by atoms with Gasteiger partial charge in [-0.15, -0.1) is 0 Å². The summed E-state index contributed by atoms with van der Waals surface area (Å²) in [6, 6.07) is 9.19. The van der Waals surface area contributed by atoms with Crippen LogP contribution in [0.25, 0.3) is 10.9 Å². The van der Waals surface area contributed by atoms with Gasteiger partial charge in [0.05, 0.1) is 0 Å². The van der Waals surface area contributed by atoms with Crippen LogP contribution in [-0.4, -0.2) is 29.5 Å². The van der Waals surface area contributed by atoms with Crippen LogP contribution in [0.3, 0.4) is 0 Å². The predicted octanol–water partition coefficient (Wildman–Crippen LogP) is 3.44. The van der Waals surface area contributed by atoms with Crippen molar-refractivity contribution < 1.29 is 0 Å². The lowest BCUT2D eigenvalue weighted by molar-refractivity contribution is 0.255. The molecule has 0 saturated heterocycles. The maximum Gasteiger partial charge on any atom is 0.0456 e. The molecule has 1 unspecified atom stereocenters. The number of aromatic amines is 1. The molecule has 0 bridgehead atoms. The fourth-order valence-corrected chi connectivity index (χ4v) is 2.17. The van der Waals surface area contributed by atoms with Crippen LogP contribution in [0, 0.1) is 0 Å². The quantitative estimate of drug-likeness (QED) is 0.833. The van der Waals surface area contributed by atoms with E-state index in [2.05, 4.69) is 61.2 Å². The summed E-state index contributed by atoms with van der Waals surface area (Å²) in [6.45, 7) is 5.65. The number of hydrogen-bond acceptors (Lipinski definition) is 1. The smallest absolute Gasteiger partial charge is 0.0456 e. The topological polar surface area (TPSA) is 19.0 Å². The van der Waals surface area contributed by atoms with Crippen LogP contribution in [0.1, 0.15) is 25.8 Å².